The van der Waals surface area contributed by atoms with Gasteiger partial charge < -0.3 is 9.84 Å². The van der Waals surface area contributed by atoms with Crippen molar-refractivity contribution in [2.45, 2.75) is 31.1 Å². The summed E-state index contributed by atoms with van der Waals surface area (Å²) in [5.41, 5.74) is 2.61. The number of carboxylic acids is 1. The molecule has 0 atom stereocenters. The molecular weight excluding hydrogens is 416 g/mol. The topological polar surface area (TPSA) is 96.8 Å². The number of aryl methyl sites for hydroxylation is 1. The third-order valence-corrected chi connectivity index (χ3v) is 7.55. The first-order valence-corrected chi connectivity index (χ1v) is 11.6. The highest BCUT2D eigenvalue weighted by molar-refractivity contribution is 7.89. The summed E-state index contributed by atoms with van der Waals surface area (Å²) in [6, 6.07) is 11.5. The minimum Gasteiger partial charge on any atom is -0.496 e. The lowest BCUT2D eigenvalue weighted by atomic mass is 10.0. The van der Waals surface area contributed by atoms with Crippen LogP contribution in [0, 0.1) is 6.92 Å². The summed E-state index contributed by atoms with van der Waals surface area (Å²) in [4.78, 5) is 16.7. The molecule has 0 unspecified atom stereocenters. The van der Waals surface area contributed by atoms with Crippen molar-refractivity contribution in [3.63, 3.8) is 0 Å². The van der Waals surface area contributed by atoms with E-state index in [9.17, 15) is 18.3 Å². The second kappa shape index (κ2) is 8.28. The summed E-state index contributed by atoms with van der Waals surface area (Å²) in [5, 5.41) is 10.1. The standard InChI is InChI=1S/C23H24N2O5S/c1-15-12-16(6-9-22(15)30-2)21-14-19(23(26)27)18-13-17(7-8-20(18)24-21)31(28,29)25-10-4-3-5-11-25/h6-9,12-14H,3-5,10-11H2,1-2H3,(H,26,27). The van der Waals surface area contributed by atoms with E-state index in [0.717, 1.165) is 36.1 Å². The van der Waals surface area contributed by atoms with E-state index < -0.39 is 16.0 Å². The zero-order valence-electron chi connectivity index (χ0n) is 17.5. The first-order chi connectivity index (χ1) is 14.8. The third-order valence-electron chi connectivity index (χ3n) is 5.65. The molecule has 0 saturated carbocycles. The van der Waals surface area contributed by atoms with Gasteiger partial charge in [0.05, 0.1) is 28.8 Å². The smallest absolute Gasteiger partial charge is 0.336 e. The first-order valence-electron chi connectivity index (χ1n) is 10.1. The zero-order valence-corrected chi connectivity index (χ0v) is 18.3. The number of carboxylic acid groups (broad SMARTS) is 1. The van der Waals surface area contributed by atoms with Crippen LogP contribution in [0.1, 0.15) is 35.2 Å². The van der Waals surface area contributed by atoms with Gasteiger partial charge in [-0.25, -0.2) is 18.2 Å². The Kier molecular flexibility index (Phi) is 5.68. The number of rotatable bonds is 5. The van der Waals surface area contributed by atoms with Crippen molar-refractivity contribution in [3.05, 3.63) is 53.6 Å². The minimum atomic E-state index is -3.67. The maximum Gasteiger partial charge on any atom is 0.336 e. The molecule has 0 amide bonds. The monoisotopic (exact) mass is 440 g/mol. The molecule has 162 valence electrons. The molecule has 2 heterocycles. The van der Waals surface area contributed by atoms with Crippen LogP contribution in [-0.4, -0.2) is 49.0 Å². The lowest BCUT2D eigenvalue weighted by molar-refractivity contribution is 0.0699. The van der Waals surface area contributed by atoms with Gasteiger partial charge in [-0.15, -0.1) is 0 Å². The summed E-state index contributed by atoms with van der Waals surface area (Å²) in [5.74, 6) is -0.401. The number of nitrogens with zero attached hydrogens (tertiary/aromatic N) is 2. The highest BCUT2D eigenvalue weighted by atomic mass is 32.2. The number of pyridine rings is 1. The number of ether oxygens (including phenoxy) is 1. The van der Waals surface area contributed by atoms with E-state index in [0.29, 0.717) is 29.7 Å². The fourth-order valence-corrected chi connectivity index (χ4v) is 5.53. The maximum atomic E-state index is 13.0. The van der Waals surface area contributed by atoms with Crippen LogP contribution in [0.25, 0.3) is 22.2 Å². The molecule has 1 saturated heterocycles. The summed E-state index contributed by atoms with van der Waals surface area (Å²) >= 11 is 0. The number of fused-ring (bicyclic) bond motifs is 1. The second-order valence-corrected chi connectivity index (χ2v) is 9.63. The van der Waals surface area contributed by atoms with Gasteiger partial charge >= 0.3 is 5.97 Å². The number of hydrogen-bond acceptors (Lipinski definition) is 5. The van der Waals surface area contributed by atoms with Crippen LogP contribution in [0.4, 0.5) is 0 Å². The maximum absolute atomic E-state index is 13.0. The third kappa shape index (κ3) is 4.00. The van der Waals surface area contributed by atoms with E-state index in [4.69, 9.17) is 4.74 Å². The van der Waals surface area contributed by atoms with Crippen LogP contribution in [0.15, 0.2) is 47.4 Å². The SMILES string of the molecule is COc1ccc(-c2cc(C(=O)O)c3cc(S(=O)(=O)N4CCCCC4)ccc3n2)cc1C. The number of benzene rings is 2. The molecule has 1 aliphatic heterocycles. The number of aromatic carboxylic acids is 1. The van der Waals surface area contributed by atoms with Gasteiger partial charge in [-0.05, 0) is 67.8 Å². The molecule has 8 heteroatoms. The van der Waals surface area contributed by atoms with Crippen molar-refractivity contribution >= 4 is 26.9 Å². The van der Waals surface area contributed by atoms with Gasteiger partial charge in [0.15, 0.2) is 0 Å². The van der Waals surface area contributed by atoms with Crippen molar-refractivity contribution in [2.24, 2.45) is 0 Å². The van der Waals surface area contributed by atoms with Gasteiger partial charge in [0.1, 0.15) is 5.75 Å². The fourth-order valence-electron chi connectivity index (χ4n) is 3.98. The van der Waals surface area contributed by atoms with Crippen LogP contribution in [0.2, 0.25) is 0 Å². The van der Waals surface area contributed by atoms with E-state index in [1.54, 1.807) is 13.2 Å². The van der Waals surface area contributed by atoms with Crippen LogP contribution < -0.4 is 4.74 Å². The minimum absolute atomic E-state index is 0.0177. The van der Waals surface area contributed by atoms with Crippen molar-refractivity contribution < 1.29 is 23.1 Å². The predicted octanol–water partition coefficient (Wildman–Crippen LogP) is 4.09. The van der Waals surface area contributed by atoms with E-state index in [2.05, 4.69) is 4.98 Å². The van der Waals surface area contributed by atoms with E-state index in [1.807, 2.05) is 25.1 Å². The zero-order chi connectivity index (χ0) is 22.2. The Balaban J connectivity index is 1.83. The second-order valence-electron chi connectivity index (χ2n) is 7.69. The summed E-state index contributed by atoms with van der Waals surface area (Å²) < 4.78 is 32.8. The Morgan fingerprint density at radius 2 is 1.81 bits per heavy atom. The number of sulfonamides is 1. The van der Waals surface area contributed by atoms with E-state index >= 15 is 0 Å². The van der Waals surface area contributed by atoms with Crippen LogP contribution in [-0.2, 0) is 10.0 Å². The van der Waals surface area contributed by atoms with Crippen molar-refractivity contribution in [3.8, 4) is 17.0 Å². The molecule has 4 rings (SSSR count). The van der Waals surface area contributed by atoms with Gasteiger partial charge in [-0.2, -0.15) is 4.31 Å². The lowest BCUT2D eigenvalue weighted by Crippen LogP contribution is -2.35. The van der Waals surface area contributed by atoms with E-state index in [-0.39, 0.29) is 10.5 Å². The Labute approximate surface area is 181 Å². The summed E-state index contributed by atoms with van der Waals surface area (Å²) in [6.45, 7) is 2.87. The Morgan fingerprint density at radius 1 is 1.06 bits per heavy atom. The lowest BCUT2D eigenvalue weighted by Gasteiger charge is -2.26. The first kappa shape index (κ1) is 21.3. The number of aromatic nitrogens is 1. The molecule has 1 aliphatic rings. The summed E-state index contributed by atoms with van der Waals surface area (Å²) in [7, 11) is -2.08. The molecular formula is C23H24N2O5S. The molecule has 2 aromatic carbocycles. The van der Waals surface area contributed by atoms with Gasteiger partial charge in [-0.3, -0.25) is 0 Å². The Bertz CT molecular complexity index is 1260. The van der Waals surface area contributed by atoms with Gasteiger partial charge in [0, 0.05) is 24.0 Å². The Hall–Kier alpha value is -2.97. The average Bonchev–Trinajstić information content (AvgIpc) is 2.78. The predicted molar refractivity (Wildman–Crippen MR) is 118 cm³/mol. The number of methoxy groups -OCH3 is 1. The average molecular weight is 441 g/mol. The van der Waals surface area contributed by atoms with Crippen molar-refractivity contribution in [1.29, 1.82) is 0 Å². The number of carbonyl (C=O) groups is 1. The molecule has 0 aliphatic carbocycles. The highest BCUT2D eigenvalue weighted by Crippen LogP contribution is 2.30. The molecule has 1 fully saturated rings. The molecule has 3 aromatic rings. The fraction of sp³-hybridized carbons (Fsp3) is 0.304. The number of piperidine rings is 1. The molecule has 1 N–H and O–H groups in total. The van der Waals surface area contributed by atoms with Crippen molar-refractivity contribution in [1.82, 2.24) is 9.29 Å². The van der Waals surface area contributed by atoms with Gasteiger partial charge in [0.2, 0.25) is 10.0 Å². The van der Waals surface area contributed by atoms with Crippen LogP contribution in [0.3, 0.4) is 0 Å². The summed E-state index contributed by atoms with van der Waals surface area (Å²) in [6.07, 6.45) is 2.68. The van der Waals surface area contributed by atoms with Crippen LogP contribution in [0.5, 0.6) is 5.75 Å². The van der Waals surface area contributed by atoms with Crippen LogP contribution >= 0.6 is 0 Å². The molecule has 0 bridgehead atoms. The molecule has 0 spiro atoms. The van der Waals surface area contributed by atoms with E-state index in [1.165, 1.54) is 22.5 Å². The molecule has 7 nitrogen and oxygen atoms in total. The largest absolute Gasteiger partial charge is 0.496 e. The van der Waals surface area contributed by atoms with Crippen molar-refractivity contribution in [2.75, 3.05) is 20.2 Å². The van der Waals surface area contributed by atoms with Gasteiger partial charge in [-0.1, -0.05) is 6.42 Å². The molecule has 31 heavy (non-hydrogen) atoms. The highest BCUT2D eigenvalue weighted by Gasteiger charge is 2.27. The quantitative estimate of drug-likeness (QED) is 0.642. The number of hydrogen-bond donors (Lipinski definition) is 1. The van der Waals surface area contributed by atoms with Gasteiger partial charge in [0.25, 0.3) is 0 Å². The normalized spacial score (nSPS) is 15.2. The molecule has 0 radical (unpaired) electrons. The molecule has 1 aromatic heterocycles. The Morgan fingerprint density at radius 3 is 2.45 bits per heavy atom.